The Morgan fingerprint density at radius 1 is 0.429 bits per heavy atom. The third kappa shape index (κ3) is 4.47. The zero-order valence-electron chi connectivity index (χ0n) is 26.5. The van der Waals surface area contributed by atoms with Crippen molar-refractivity contribution in [2.45, 2.75) is 0 Å². The van der Waals surface area contributed by atoms with Gasteiger partial charge in [-0.3, -0.25) is 0 Å². The van der Waals surface area contributed by atoms with E-state index in [2.05, 4.69) is 181 Å². The third-order valence-corrected chi connectivity index (χ3v) is 10.9. The molecule has 0 aliphatic rings. The van der Waals surface area contributed by atoms with E-state index in [0.717, 1.165) is 55.5 Å². The van der Waals surface area contributed by atoms with Crippen molar-refractivity contribution >= 4 is 81.3 Å². The smallest absolute Gasteiger partial charge is 0.143 e. The van der Waals surface area contributed by atoms with Crippen LogP contribution in [0.1, 0.15) is 0 Å². The maximum Gasteiger partial charge on any atom is 0.143 e. The SMILES string of the molecule is c1ccc(N(c2ccc(-c3cccc4c3sc3ccccc34)cc2)c2ccccc2-c2cccc3oc4c5ccccc5ccc4c23)cc1. The molecular weight excluding hydrogens is 615 g/mol. The predicted molar refractivity (Wildman–Crippen MR) is 210 cm³/mol. The van der Waals surface area contributed by atoms with Gasteiger partial charge in [-0.25, -0.2) is 0 Å². The van der Waals surface area contributed by atoms with E-state index < -0.39 is 0 Å². The number of nitrogens with zero attached hydrogens (tertiary/aromatic N) is 1. The summed E-state index contributed by atoms with van der Waals surface area (Å²) < 4.78 is 9.24. The highest BCUT2D eigenvalue weighted by Crippen LogP contribution is 2.46. The highest BCUT2D eigenvalue weighted by Gasteiger charge is 2.21. The van der Waals surface area contributed by atoms with Gasteiger partial charge in [-0.2, -0.15) is 0 Å². The molecule has 0 aliphatic heterocycles. The lowest BCUT2D eigenvalue weighted by Crippen LogP contribution is -2.11. The molecule has 3 heteroatoms. The van der Waals surface area contributed by atoms with Crippen LogP contribution in [0.2, 0.25) is 0 Å². The first-order chi connectivity index (χ1) is 24.3. The number of fused-ring (bicyclic) bond motifs is 8. The van der Waals surface area contributed by atoms with Crippen LogP contribution >= 0.6 is 11.3 Å². The van der Waals surface area contributed by atoms with Crippen molar-refractivity contribution in [2.24, 2.45) is 0 Å². The van der Waals surface area contributed by atoms with Crippen LogP contribution in [-0.4, -0.2) is 0 Å². The summed E-state index contributed by atoms with van der Waals surface area (Å²) in [4.78, 5) is 2.37. The van der Waals surface area contributed by atoms with Crippen molar-refractivity contribution in [3.8, 4) is 22.3 Å². The summed E-state index contributed by atoms with van der Waals surface area (Å²) in [7, 11) is 0. The number of hydrogen-bond acceptors (Lipinski definition) is 3. The topological polar surface area (TPSA) is 16.4 Å². The second kappa shape index (κ2) is 11.2. The highest BCUT2D eigenvalue weighted by atomic mass is 32.1. The molecule has 0 bridgehead atoms. The average Bonchev–Trinajstić information content (AvgIpc) is 3.75. The van der Waals surface area contributed by atoms with Crippen molar-refractivity contribution < 1.29 is 4.42 Å². The Bertz CT molecular complexity index is 2830. The van der Waals surface area contributed by atoms with E-state index in [1.165, 1.54) is 36.7 Å². The van der Waals surface area contributed by atoms with Gasteiger partial charge < -0.3 is 9.32 Å². The molecule has 0 saturated heterocycles. The zero-order chi connectivity index (χ0) is 32.3. The molecule has 230 valence electrons. The second-order valence-electron chi connectivity index (χ2n) is 12.5. The molecule has 10 rings (SSSR count). The maximum absolute atomic E-state index is 6.59. The van der Waals surface area contributed by atoms with E-state index in [0.29, 0.717) is 0 Å². The number of thiophene rings is 1. The van der Waals surface area contributed by atoms with Crippen LogP contribution < -0.4 is 4.90 Å². The van der Waals surface area contributed by atoms with E-state index >= 15 is 0 Å². The van der Waals surface area contributed by atoms with Gasteiger partial charge in [-0.1, -0.05) is 127 Å². The maximum atomic E-state index is 6.59. The lowest BCUT2D eigenvalue weighted by atomic mass is 9.96. The van der Waals surface area contributed by atoms with Gasteiger partial charge >= 0.3 is 0 Å². The van der Waals surface area contributed by atoms with Gasteiger partial charge in [-0.05, 0) is 70.6 Å². The van der Waals surface area contributed by atoms with E-state index in [1.54, 1.807) is 0 Å². The molecular formula is C46H29NOS. The number of benzene rings is 8. The predicted octanol–water partition coefficient (Wildman–Crippen LogP) is 13.9. The van der Waals surface area contributed by atoms with Crippen LogP contribution in [-0.2, 0) is 0 Å². The Kier molecular flexibility index (Phi) is 6.39. The first-order valence-electron chi connectivity index (χ1n) is 16.6. The number of para-hydroxylation sites is 2. The fourth-order valence-electron chi connectivity index (χ4n) is 7.44. The normalized spacial score (nSPS) is 11.7. The van der Waals surface area contributed by atoms with Crippen molar-refractivity contribution in [3.63, 3.8) is 0 Å². The van der Waals surface area contributed by atoms with Gasteiger partial charge in [0, 0.05) is 53.3 Å². The standard InChI is InChI=1S/C46H29NOS/c1-2-13-32(14-3-1)47(33-27-24-31(25-28-33)35-18-10-20-39-37-17-7-9-23-43(37)49-46(35)39)41-21-8-6-16-36(41)38-19-11-22-42-44(38)40-29-26-30-12-4-5-15-34(30)45(40)48-42/h1-29H. The van der Waals surface area contributed by atoms with Gasteiger partial charge in [0.05, 0.1) is 5.69 Å². The van der Waals surface area contributed by atoms with Crippen molar-refractivity contribution in [1.29, 1.82) is 0 Å². The number of furan rings is 1. The fraction of sp³-hybridized carbons (Fsp3) is 0. The third-order valence-electron chi connectivity index (χ3n) is 9.68. The summed E-state index contributed by atoms with van der Waals surface area (Å²) >= 11 is 1.87. The molecule has 0 N–H and O–H groups in total. The Morgan fingerprint density at radius 2 is 1.10 bits per heavy atom. The summed E-state index contributed by atoms with van der Waals surface area (Å²) in [5.41, 5.74) is 9.91. The number of rotatable bonds is 5. The van der Waals surface area contributed by atoms with Crippen molar-refractivity contribution in [3.05, 3.63) is 176 Å². The Balaban J connectivity index is 1.14. The monoisotopic (exact) mass is 643 g/mol. The zero-order valence-corrected chi connectivity index (χ0v) is 27.3. The Hall–Kier alpha value is -6.16. The molecule has 0 amide bonds. The van der Waals surface area contributed by atoms with Crippen LogP contribution in [0.25, 0.3) is 75.1 Å². The summed E-state index contributed by atoms with van der Waals surface area (Å²) in [6, 6.07) is 63.1. The summed E-state index contributed by atoms with van der Waals surface area (Å²) in [5, 5.41) is 7.21. The molecule has 2 heterocycles. The quantitative estimate of drug-likeness (QED) is 0.186. The minimum Gasteiger partial charge on any atom is -0.455 e. The van der Waals surface area contributed by atoms with Gasteiger partial charge in [0.1, 0.15) is 11.2 Å². The van der Waals surface area contributed by atoms with E-state index in [4.69, 9.17) is 4.42 Å². The Labute approximate surface area is 287 Å². The molecule has 10 aromatic rings. The summed E-state index contributed by atoms with van der Waals surface area (Å²) in [5.74, 6) is 0. The molecule has 49 heavy (non-hydrogen) atoms. The van der Waals surface area contributed by atoms with Gasteiger partial charge in [0.15, 0.2) is 0 Å². The molecule has 0 saturated carbocycles. The first-order valence-corrected chi connectivity index (χ1v) is 17.4. The minimum atomic E-state index is 0.893. The molecule has 2 nitrogen and oxygen atoms in total. The van der Waals surface area contributed by atoms with Crippen LogP contribution in [0.5, 0.6) is 0 Å². The minimum absolute atomic E-state index is 0.893. The van der Waals surface area contributed by atoms with Gasteiger partial charge in [-0.15, -0.1) is 11.3 Å². The van der Waals surface area contributed by atoms with Gasteiger partial charge in [0.2, 0.25) is 0 Å². The summed E-state index contributed by atoms with van der Waals surface area (Å²) in [6.45, 7) is 0. The molecule has 0 unspecified atom stereocenters. The molecule has 2 aromatic heterocycles. The number of anilines is 3. The molecule has 0 radical (unpaired) electrons. The largest absolute Gasteiger partial charge is 0.455 e. The lowest BCUT2D eigenvalue weighted by Gasteiger charge is -2.28. The van der Waals surface area contributed by atoms with Crippen LogP contribution in [0, 0.1) is 0 Å². The van der Waals surface area contributed by atoms with Crippen LogP contribution in [0.4, 0.5) is 17.1 Å². The van der Waals surface area contributed by atoms with Crippen LogP contribution in [0.15, 0.2) is 180 Å². The van der Waals surface area contributed by atoms with E-state index in [9.17, 15) is 0 Å². The molecule has 0 aliphatic carbocycles. The van der Waals surface area contributed by atoms with Crippen LogP contribution in [0.3, 0.4) is 0 Å². The molecule has 0 fully saturated rings. The Morgan fingerprint density at radius 3 is 2.00 bits per heavy atom. The highest BCUT2D eigenvalue weighted by molar-refractivity contribution is 7.26. The van der Waals surface area contributed by atoms with Crippen molar-refractivity contribution in [2.75, 3.05) is 4.90 Å². The van der Waals surface area contributed by atoms with E-state index in [-0.39, 0.29) is 0 Å². The second-order valence-corrected chi connectivity index (χ2v) is 13.5. The lowest BCUT2D eigenvalue weighted by molar-refractivity contribution is 0.673. The first kappa shape index (κ1) is 27.9. The fourth-order valence-corrected chi connectivity index (χ4v) is 8.68. The molecule has 8 aromatic carbocycles. The summed E-state index contributed by atoms with van der Waals surface area (Å²) in [6.07, 6.45) is 0. The van der Waals surface area contributed by atoms with Crippen molar-refractivity contribution in [1.82, 2.24) is 0 Å². The molecule has 0 spiro atoms. The molecule has 0 atom stereocenters. The number of hydrogen-bond donors (Lipinski definition) is 0. The van der Waals surface area contributed by atoms with E-state index in [1.807, 2.05) is 11.3 Å². The average molecular weight is 644 g/mol. The van der Waals surface area contributed by atoms with Gasteiger partial charge in [0.25, 0.3) is 0 Å².